The van der Waals surface area contributed by atoms with E-state index < -0.39 is 21.8 Å². The highest BCUT2D eigenvalue weighted by molar-refractivity contribution is 7.89. The number of ether oxygens (including phenoxy) is 2. The van der Waals surface area contributed by atoms with Gasteiger partial charge in [-0.1, -0.05) is 6.07 Å². The summed E-state index contributed by atoms with van der Waals surface area (Å²) in [6, 6.07) is 11.2. The predicted octanol–water partition coefficient (Wildman–Crippen LogP) is 1.52. The Morgan fingerprint density at radius 3 is 2.45 bits per heavy atom. The molecule has 1 heterocycles. The SMILES string of the molecule is Cc1ccc(S(=O)(=O)N2CCOCC2)cc1C(=O)Nc1ccc(OCCC(N)=O)cc1. The number of carbonyl (C=O) groups excluding carboxylic acids is 2. The van der Waals surface area contributed by atoms with Crippen molar-refractivity contribution in [3.63, 3.8) is 0 Å². The first-order chi connectivity index (χ1) is 14.8. The van der Waals surface area contributed by atoms with Crippen molar-refractivity contribution in [3.8, 4) is 5.75 Å². The van der Waals surface area contributed by atoms with Crippen LogP contribution in [0.15, 0.2) is 47.4 Å². The number of carbonyl (C=O) groups is 2. The number of nitrogens with one attached hydrogen (secondary N) is 1. The van der Waals surface area contributed by atoms with Crippen LogP contribution >= 0.6 is 0 Å². The van der Waals surface area contributed by atoms with Crippen LogP contribution in [-0.4, -0.2) is 57.4 Å². The van der Waals surface area contributed by atoms with Crippen LogP contribution in [-0.2, 0) is 19.6 Å². The molecule has 2 aromatic carbocycles. The van der Waals surface area contributed by atoms with Crippen LogP contribution in [0, 0.1) is 6.92 Å². The lowest BCUT2D eigenvalue weighted by atomic mass is 10.1. The summed E-state index contributed by atoms with van der Waals surface area (Å²) in [5.41, 5.74) is 6.52. The van der Waals surface area contributed by atoms with E-state index in [9.17, 15) is 18.0 Å². The minimum Gasteiger partial charge on any atom is -0.493 e. The number of anilines is 1. The topological polar surface area (TPSA) is 128 Å². The summed E-state index contributed by atoms with van der Waals surface area (Å²) < 4.78 is 37.8. The van der Waals surface area contributed by atoms with E-state index in [1.807, 2.05) is 0 Å². The Labute approximate surface area is 181 Å². The largest absolute Gasteiger partial charge is 0.493 e. The van der Waals surface area contributed by atoms with Gasteiger partial charge in [-0.25, -0.2) is 8.42 Å². The molecule has 0 aliphatic carbocycles. The number of nitrogens with two attached hydrogens (primary N) is 1. The first-order valence-corrected chi connectivity index (χ1v) is 11.2. The lowest BCUT2D eigenvalue weighted by molar-refractivity contribution is -0.118. The van der Waals surface area contributed by atoms with Crippen LogP contribution in [0.25, 0.3) is 0 Å². The Morgan fingerprint density at radius 2 is 1.81 bits per heavy atom. The average Bonchev–Trinajstić information content (AvgIpc) is 2.75. The molecule has 2 aromatic rings. The van der Waals surface area contributed by atoms with E-state index >= 15 is 0 Å². The molecular weight excluding hydrogens is 422 g/mol. The number of sulfonamides is 1. The van der Waals surface area contributed by atoms with Gasteiger partial charge < -0.3 is 20.5 Å². The molecule has 0 spiro atoms. The molecule has 166 valence electrons. The van der Waals surface area contributed by atoms with Crippen molar-refractivity contribution in [1.29, 1.82) is 0 Å². The number of hydrogen-bond donors (Lipinski definition) is 2. The minimum absolute atomic E-state index is 0.0725. The number of primary amides is 1. The second kappa shape index (κ2) is 9.90. The van der Waals surface area contributed by atoms with Crippen LogP contribution in [0.2, 0.25) is 0 Å². The van der Waals surface area contributed by atoms with Gasteiger partial charge in [-0.3, -0.25) is 9.59 Å². The summed E-state index contributed by atoms with van der Waals surface area (Å²) in [5.74, 6) is -0.329. The van der Waals surface area contributed by atoms with E-state index in [2.05, 4.69) is 5.32 Å². The normalized spacial score (nSPS) is 14.7. The van der Waals surface area contributed by atoms with Gasteiger partial charge in [0.1, 0.15) is 5.75 Å². The van der Waals surface area contributed by atoms with Gasteiger partial charge >= 0.3 is 0 Å². The molecule has 0 unspecified atom stereocenters. The van der Waals surface area contributed by atoms with Crippen LogP contribution < -0.4 is 15.8 Å². The fourth-order valence-corrected chi connectivity index (χ4v) is 4.48. The second-order valence-corrected chi connectivity index (χ2v) is 8.97. The van der Waals surface area contributed by atoms with Gasteiger partial charge in [0.2, 0.25) is 15.9 Å². The molecule has 9 nitrogen and oxygen atoms in total. The molecular formula is C21H25N3O6S. The van der Waals surface area contributed by atoms with Gasteiger partial charge in [-0.2, -0.15) is 4.31 Å². The summed E-state index contributed by atoms with van der Waals surface area (Å²) >= 11 is 0. The molecule has 0 radical (unpaired) electrons. The quantitative estimate of drug-likeness (QED) is 0.632. The van der Waals surface area contributed by atoms with Gasteiger partial charge in [-0.05, 0) is 48.9 Å². The third-order valence-electron chi connectivity index (χ3n) is 4.79. The third-order valence-corrected chi connectivity index (χ3v) is 6.69. The number of benzene rings is 2. The maximum Gasteiger partial charge on any atom is 0.255 e. The van der Waals surface area contributed by atoms with Crippen molar-refractivity contribution >= 4 is 27.5 Å². The van der Waals surface area contributed by atoms with E-state index in [1.165, 1.54) is 16.4 Å². The molecule has 1 aliphatic rings. The fourth-order valence-electron chi connectivity index (χ4n) is 3.04. The van der Waals surface area contributed by atoms with Gasteiger partial charge in [0.25, 0.3) is 5.91 Å². The van der Waals surface area contributed by atoms with Gasteiger partial charge in [0.15, 0.2) is 0 Å². The lowest BCUT2D eigenvalue weighted by Crippen LogP contribution is -2.40. The number of nitrogens with zero attached hydrogens (tertiary/aromatic N) is 1. The number of amides is 2. The summed E-state index contributed by atoms with van der Waals surface area (Å²) in [4.78, 5) is 23.6. The summed E-state index contributed by atoms with van der Waals surface area (Å²) in [7, 11) is -3.70. The summed E-state index contributed by atoms with van der Waals surface area (Å²) in [6.45, 7) is 3.18. The molecule has 0 atom stereocenters. The molecule has 0 saturated carbocycles. The molecule has 2 amide bonds. The van der Waals surface area contributed by atoms with Crippen molar-refractivity contribution in [2.45, 2.75) is 18.2 Å². The van der Waals surface area contributed by atoms with Crippen LogP contribution in [0.4, 0.5) is 5.69 Å². The van der Waals surface area contributed by atoms with Crippen LogP contribution in [0.5, 0.6) is 5.75 Å². The van der Waals surface area contributed by atoms with Gasteiger partial charge in [0, 0.05) is 24.3 Å². The lowest BCUT2D eigenvalue weighted by Gasteiger charge is -2.26. The smallest absolute Gasteiger partial charge is 0.255 e. The van der Waals surface area contributed by atoms with E-state index in [0.717, 1.165) is 0 Å². The van der Waals surface area contributed by atoms with Crippen LogP contribution in [0.1, 0.15) is 22.3 Å². The monoisotopic (exact) mass is 447 g/mol. The molecule has 0 aromatic heterocycles. The third kappa shape index (κ3) is 5.81. The minimum atomic E-state index is -3.70. The molecule has 3 N–H and O–H groups in total. The molecule has 10 heteroatoms. The Hall–Kier alpha value is -2.95. The summed E-state index contributed by atoms with van der Waals surface area (Å²) in [5, 5.41) is 2.76. The van der Waals surface area contributed by atoms with Gasteiger partial charge in [0.05, 0.1) is 31.1 Å². The Morgan fingerprint density at radius 1 is 1.13 bits per heavy atom. The molecule has 31 heavy (non-hydrogen) atoms. The highest BCUT2D eigenvalue weighted by atomic mass is 32.2. The number of morpholine rings is 1. The fraction of sp³-hybridized carbons (Fsp3) is 0.333. The van der Waals surface area contributed by atoms with Crippen molar-refractivity contribution in [2.24, 2.45) is 5.73 Å². The first-order valence-electron chi connectivity index (χ1n) is 9.78. The van der Waals surface area contributed by atoms with Gasteiger partial charge in [-0.15, -0.1) is 0 Å². The maximum atomic E-state index is 12.9. The predicted molar refractivity (Wildman–Crippen MR) is 114 cm³/mol. The summed E-state index contributed by atoms with van der Waals surface area (Å²) in [6.07, 6.45) is 0.113. The zero-order chi connectivity index (χ0) is 22.4. The van der Waals surface area contributed by atoms with Crippen molar-refractivity contribution in [1.82, 2.24) is 4.31 Å². The maximum absolute atomic E-state index is 12.9. The van der Waals surface area contributed by atoms with Crippen molar-refractivity contribution in [3.05, 3.63) is 53.6 Å². The van der Waals surface area contributed by atoms with Crippen LogP contribution in [0.3, 0.4) is 0 Å². The highest BCUT2D eigenvalue weighted by Crippen LogP contribution is 2.22. The Balaban J connectivity index is 1.71. The Bertz CT molecular complexity index is 1050. The second-order valence-electron chi connectivity index (χ2n) is 7.04. The number of aryl methyl sites for hydroxylation is 1. The Kier molecular flexibility index (Phi) is 7.26. The van der Waals surface area contributed by atoms with E-state index in [1.54, 1.807) is 37.3 Å². The zero-order valence-corrected chi connectivity index (χ0v) is 18.0. The van der Waals surface area contributed by atoms with E-state index in [-0.39, 0.29) is 36.6 Å². The average molecular weight is 448 g/mol. The molecule has 1 fully saturated rings. The highest BCUT2D eigenvalue weighted by Gasteiger charge is 2.27. The van der Waals surface area contributed by atoms with E-state index in [4.69, 9.17) is 15.2 Å². The standard InChI is InChI=1S/C21H25N3O6S/c1-15-2-7-18(31(27,28)24-9-12-29-13-10-24)14-19(15)21(26)23-16-3-5-17(6-4-16)30-11-8-20(22)25/h2-7,14H,8-13H2,1H3,(H2,22,25)(H,23,26). The van der Waals surface area contributed by atoms with Crippen molar-refractivity contribution < 1.29 is 27.5 Å². The number of hydrogen-bond acceptors (Lipinski definition) is 6. The number of rotatable bonds is 8. The molecule has 1 saturated heterocycles. The molecule has 0 bridgehead atoms. The zero-order valence-electron chi connectivity index (χ0n) is 17.2. The van der Waals surface area contributed by atoms with E-state index in [0.29, 0.717) is 30.2 Å². The van der Waals surface area contributed by atoms with Crippen molar-refractivity contribution in [2.75, 3.05) is 38.2 Å². The molecule has 1 aliphatic heterocycles. The first kappa shape index (κ1) is 22.7. The molecule has 3 rings (SSSR count).